The van der Waals surface area contributed by atoms with E-state index in [1.165, 1.54) is 4.68 Å². The van der Waals surface area contributed by atoms with Crippen LogP contribution < -0.4 is 5.32 Å². The van der Waals surface area contributed by atoms with Gasteiger partial charge in [0.15, 0.2) is 0 Å². The van der Waals surface area contributed by atoms with Crippen molar-refractivity contribution < 1.29 is 4.92 Å². The first-order valence-corrected chi connectivity index (χ1v) is 4.83. The molecule has 78 valence electrons. The molecule has 0 spiro atoms. The molecular formula is C6H10BrN5O2. The predicted molar refractivity (Wildman–Crippen MR) is 52.9 cm³/mol. The van der Waals surface area contributed by atoms with E-state index in [1.807, 2.05) is 7.05 Å². The summed E-state index contributed by atoms with van der Waals surface area (Å²) in [5, 5.41) is 17.0. The minimum Gasteiger partial charge on any atom is -0.390 e. The summed E-state index contributed by atoms with van der Waals surface area (Å²) < 4.78 is 1.86. The Morgan fingerprint density at radius 2 is 2.43 bits per heavy atom. The van der Waals surface area contributed by atoms with E-state index in [4.69, 9.17) is 0 Å². The molecule has 0 saturated carbocycles. The Kier molecular flexibility index (Phi) is 3.96. The van der Waals surface area contributed by atoms with E-state index in [1.54, 1.807) is 0 Å². The molecule has 7 nitrogen and oxygen atoms in total. The Morgan fingerprint density at radius 1 is 1.71 bits per heavy atom. The maximum absolute atomic E-state index is 10.3. The number of hydrogen-bond acceptors (Lipinski definition) is 5. The van der Waals surface area contributed by atoms with E-state index in [-0.39, 0.29) is 5.95 Å². The largest absolute Gasteiger partial charge is 0.492 e. The molecule has 8 heteroatoms. The van der Waals surface area contributed by atoms with E-state index < -0.39 is 4.92 Å². The summed E-state index contributed by atoms with van der Waals surface area (Å²) in [6, 6.07) is 0. The van der Waals surface area contributed by atoms with Gasteiger partial charge in [-0.25, -0.2) is 0 Å². The summed E-state index contributed by atoms with van der Waals surface area (Å²) in [4.78, 5) is 13.4. The van der Waals surface area contributed by atoms with Crippen LogP contribution in [0.1, 0.15) is 6.42 Å². The zero-order chi connectivity index (χ0) is 10.6. The van der Waals surface area contributed by atoms with Gasteiger partial charge in [0.1, 0.15) is 0 Å². The van der Waals surface area contributed by atoms with Crippen molar-refractivity contribution in [3.05, 3.63) is 14.8 Å². The van der Waals surface area contributed by atoms with Gasteiger partial charge < -0.3 is 15.4 Å². The molecule has 0 aromatic carbocycles. The van der Waals surface area contributed by atoms with Crippen molar-refractivity contribution in [1.29, 1.82) is 0 Å². The number of nitro groups is 1. The SMILES string of the molecule is CNCCCn1nc([N+](=O)[O-])nc1Br. The van der Waals surface area contributed by atoms with Crippen molar-refractivity contribution in [3.63, 3.8) is 0 Å². The summed E-state index contributed by atoms with van der Waals surface area (Å²) >= 11 is 3.10. The minimum absolute atomic E-state index is 0.374. The number of rotatable bonds is 5. The van der Waals surface area contributed by atoms with Gasteiger partial charge in [-0.05, 0) is 29.9 Å². The van der Waals surface area contributed by atoms with Gasteiger partial charge >= 0.3 is 5.95 Å². The molecule has 0 radical (unpaired) electrons. The van der Waals surface area contributed by atoms with Crippen molar-refractivity contribution in [3.8, 4) is 0 Å². The number of halogens is 1. The fourth-order valence-electron chi connectivity index (χ4n) is 0.937. The highest BCUT2D eigenvalue weighted by Crippen LogP contribution is 2.11. The van der Waals surface area contributed by atoms with Crippen LogP contribution in [0.2, 0.25) is 0 Å². The van der Waals surface area contributed by atoms with E-state index in [0.717, 1.165) is 13.0 Å². The smallest absolute Gasteiger partial charge is 0.390 e. The van der Waals surface area contributed by atoms with Crippen LogP contribution in [-0.4, -0.2) is 33.3 Å². The Hall–Kier alpha value is -1.02. The van der Waals surface area contributed by atoms with E-state index >= 15 is 0 Å². The van der Waals surface area contributed by atoms with Crippen LogP contribution in [0.3, 0.4) is 0 Å². The molecule has 14 heavy (non-hydrogen) atoms. The molecule has 1 aromatic heterocycles. The van der Waals surface area contributed by atoms with Gasteiger partial charge in [-0.1, -0.05) is 0 Å². The van der Waals surface area contributed by atoms with Crippen LogP contribution in [0.5, 0.6) is 0 Å². The quantitative estimate of drug-likeness (QED) is 0.477. The summed E-state index contributed by atoms with van der Waals surface area (Å²) in [5.41, 5.74) is 0. The van der Waals surface area contributed by atoms with Gasteiger partial charge in [-0.15, -0.1) is 0 Å². The first kappa shape index (κ1) is 11.1. The van der Waals surface area contributed by atoms with Crippen molar-refractivity contribution in [2.75, 3.05) is 13.6 Å². The fraction of sp³-hybridized carbons (Fsp3) is 0.667. The van der Waals surface area contributed by atoms with Crippen molar-refractivity contribution in [1.82, 2.24) is 20.1 Å². The molecular weight excluding hydrogens is 254 g/mol. The molecule has 0 aliphatic rings. The lowest BCUT2D eigenvalue weighted by Crippen LogP contribution is -2.11. The van der Waals surface area contributed by atoms with E-state index in [2.05, 4.69) is 31.3 Å². The fourth-order valence-corrected chi connectivity index (χ4v) is 1.35. The Bertz CT molecular complexity index is 326. The number of hydrogen-bond donors (Lipinski definition) is 1. The first-order chi connectivity index (χ1) is 6.65. The van der Waals surface area contributed by atoms with E-state index in [0.29, 0.717) is 11.3 Å². The number of nitrogens with zero attached hydrogens (tertiary/aromatic N) is 4. The van der Waals surface area contributed by atoms with Gasteiger partial charge in [0, 0.05) is 21.0 Å². The molecule has 0 aliphatic heterocycles. The van der Waals surface area contributed by atoms with Crippen LogP contribution in [-0.2, 0) is 6.54 Å². The molecule has 1 rings (SSSR count). The average molecular weight is 264 g/mol. The second-order valence-electron chi connectivity index (χ2n) is 2.62. The highest BCUT2D eigenvalue weighted by molar-refractivity contribution is 9.10. The zero-order valence-corrected chi connectivity index (χ0v) is 9.19. The summed E-state index contributed by atoms with van der Waals surface area (Å²) in [6.07, 6.45) is 0.843. The van der Waals surface area contributed by atoms with Gasteiger partial charge in [0.25, 0.3) is 4.73 Å². The first-order valence-electron chi connectivity index (χ1n) is 4.04. The molecule has 0 amide bonds. The van der Waals surface area contributed by atoms with Crippen LogP contribution >= 0.6 is 15.9 Å². The second-order valence-corrected chi connectivity index (χ2v) is 3.33. The zero-order valence-electron chi connectivity index (χ0n) is 7.60. The number of nitrogens with one attached hydrogen (secondary N) is 1. The summed E-state index contributed by atoms with van der Waals surface area (Å²) in [7, 11) is 1.85. The topological polar surface area (TPSA) is 85.9 Å². The molecule has 1 aromatic rings. The van der Waals surface area contributed by atoms with Gasteiger partial charge in [0.2, 0.25) is 0 Å². The molecule has 1 N–H and O–H groups in total. The molecule has 0 atom stereocenters. The molecule has 0 fully saturated rings. The van der Waals surface area contributed by atoms with Crippen LogP contribution in [0, 0.1) is 10.1 Å². The van der Waals surface area contributed by atoms with Crippen molar-refractivity contribution in [2.45, 2.75) is 13.0 Å². The minimum atomic E-state index is -0.612. The van der Waals surface area contributed by atoms with Crippen LogP contribution in [0.25, 0.3) is 0 Å². The standard InChI is InChI=1S/C6H10BrN5O2/c1-8-3-2-4-11-5(7)9-6(10-11)12(13)14/h8H,2-4H2,1H3. The van der Waals surface area contributed by atoms with E-state index in [9.17, 15) is 10.1 Å². The molecule has 0 bridgehead atoms. The highest BCUT2D eigenvalue weighted by Gasteiger charge is 2.18. The van der Waals surface area contributed by atoms with Crippen LogP contribution in [0.15, 0.2) is 4.73 Å². The Labute approximate surface area is 88.8 Å². The lowest BCUT2D eigenvalue weighted by molar-refractivity contribution is -0.394. The maximum Gasteiger partial charge on any atom is 0.492 e. The van der Waals surface area contributed by atoms with Gasteiger partial charge in [-0.2, -0.15) is 4.68 Å². The van der Waals surface area contributed by atoms with Gasteiger partial charge in [0.05, 0.1) is 6.54 Å². The average Bonchev–Trinajstić information content (AvgIpc) is 2.49. The molecule has 0 aliphatic carbocycles. The number of aryl methyl sites for hydroxylation is 1. The summed E-state index contributed by atoms with van der Waals surface area (Å²) in [5.74, 6) is -0.374. The monoisotopic (exact) mass is 263 g/mol. The van der Waals surface area contributed by atoms with Crippen molar-refractivity contribution in [2.24, 2.45) is 0 Å². The van der Waals surface area contributed by atoms with Gasteiger partial charge in [-0.3, -0.25) is 0 Å². The number of aromatic nitrogens is 3. The molecule has 0 saturated heterocycles. The van der Waals surface area contributed by atoms with Crippen molar-refractivity contribution >= 4 is 21.9 Å². The third-order valence-corrected chi connectivity index (χ3v) is 2.16. The molecule has 0 unspecified atom stereocenters. The highest BCUT2D eigenvalue weighted by atomic mass is 79.9. The normalized spacial score (nSPS) is 10.4. The lowest BCUT2D eigenvalue weighted by Gasteiger charge is -1.96. The Balaban J connectivity index is 2.63. The predicted octanol–water partition coefficient (Wildman–Crippen LogP) is 0.558. The third-order valence-electron chi connectivity index (χ3n) is 1.58. The lowest BCUT2D eigenvalue weighted by atomic mass is 10.4. The maximum atomic E-state index is 10.3. The molecule has 1 heterocycles. The third kappa shape index (κ3) is 2.74. The van der Waals surface area contributed by atoms with Crippen LogP contribution in [0.4, 0.5) is 5.95 Å². The Morgan fingerprint density at radius 3 is 2.93 bits per heavy atom. The summed E-state index contributed by atoms with van der Waals surface area (Å²) in [6.45, 7) is 1.43. The second kappa shape index (κ2) is 5.01.